The van der Waals surface area contributed by atoms with Crippen LogP contribution in [0.4, 0.5) is 4.39 Å². The van der Waals surface area contributed by atoms with Gasteiger partial charge in [-0.05, 0) is 59.7 Å². The highest BCUT2D eigenvalue weighted by molar-refractivity contribution is 6.33. The number of allylic oxidation sites excluding steroid dienone is 1. The summed E-state index contributed by atoms with van der Waals surface area (Å²) in [7, 11) is 1.65. The standard InChI is InChI=1S/C29H23ClFN3O2/c1-35-16-25-26(34-10-2-3-24(30)29(34)33-25)12-17-4-8-21-19(11-17)15-36-27-13-20(31)7-9-22(27)28(21)23(14-32)18-5-6-18/h2-4,7-11,13,18H,5-6,12,15-16H2,1H3/b28-23-. The summed E-state index contributed by atoms with van der Waals surface area (Å²) >= 11 is 6.41. The van der Waals surface area contributed by atoms with E-state index >= 15 is 0 Å². The van der Waals surface area contributed by atoms with Crippen LogP contribution in [0.25, 0.3) is 11.2 Å². The van der Waals surface area contributed by atoms with E-state index in [9.17, 15) is 9.65 Å². The summed E-state index contributed by atoms with van der Waals surface area (Å²) in [6, 6.07) is 17.0. The summed E-state index contributed by atoms with van der Waals surface area (Å²) in [5, 5.41) is 10.6. The largest absolute Gasteiger partial charge is 0.488 e. The molecule has 1 aliphatic carbocycles. The highest BCUT2D eigenvalue weighted by Gasteiger charge is 2.32. The Kier molecular flexibility index (Phi) is 5.75. The van der Waals surface area contributed by atoms with Gasteiger partial charge in [-0.2, -0.15) is 5.26 Å². The van der Waals surface area contributed by atoms with Gasteiger partial charge in [-0.3, -0.25) is 0 Å². The van der Waals surface area contributed by atoms with E-state index in [1.807, 2.05) is 22.7 Å². The summed E-state index contributed by atoms with van der Waals surface area (Å²) in [6.45, 7) is 0.665. The number of hydrogen-bond donors (Lipinski definition) is 0. The molecule has 1 aliphatic heterocycles. The smallest absolute Gasteiger partial charge is 0.156 e. The molecule has 0 N–H and O–H groups in total. The van der Waals surface area contributed by atoms with Crippen LogP contribution in [-0.2, 0) is 24.4 Å². The van der Waals surface area contributed by atoms with Crippen molar-refractivity contribution in [2.24, 2.45) is 5.92 Å². The number of rotatable bonds is 5. The maximum absolute atomic E-state index is 14.1. The number of pyridine rings is 1. The van der Waals surface area contributed by atoms with Gasteiger partial charge in [0.25, 0.3) is 0 Å². The molecule has 2 aromatic heterocycles. The molecule has 6 rings (SSSR count). The maximum Gasteiger partial charge on any atom is 0.156 e. The molecule has 36 heavy (non-hydrogen) atoms. The molecule has 1 saturated carbocycles. The second-order valence-electron chi connectivity index (χ2n) is 9.26. The van der Waals surface area contributed by atoms with Gasteiger partial charge in [0.15, 0.2) is 5.65 Å². The molecule has 0 amide bonds. The Morgan fingerprint density at radius 3 is 2.83 bits per heavy atom. The lowest BCUT2D eigenvalue weighted by molar-refractivity contribution is 0.181. The van der Waals surface area contributed by atoms with Crippen molar-refractivity contribution >= 4 is 22.8 Å². The van der Waals surface area contributed by atoms with Gasteiger partial charge in [0.1, 0.15) is 18.2 Å². The molecule has 0 atom stereocenters. The van der Waals surface area contributed by atoms with Crippen molar-refractivity contribution in [1.29, 1.82) is 5.26 Å². The summed E-state index contributed by atoms with van der Waals surface area (Å²) in [5.74, 6) is 0.351. The van der Waals surface area contributed by atoms with E-state index in [2.05, 4.69) is 24.3 Å². The molecule has 1 fully saturated rings. The Morgan fingerprint density at radius 1 is 1.22 bits per heavy atom. The van der Waals surface area contributed by atoms with Crippen LogP contribution in [-0.4, -0.2) is 16.5 Å². The van der Waals surface area contributed by atoms with Crippen molar-refractivity contribution in [3.05, 3.63) is 105 Å². The number of benzene rings is 2. The van der Waals surface area contributed by atoms with Crippen LogP contribution in [0.3, 0.4) is 0 Å². The fourth-order valence-corrected chi connectivity index (χ4v) is 5.23. The molecule has 0 spiro atoms. The fourth-order valence-electron chi connectivity index (χ4n) is 5.02. The third kappa shape index (κ3) is 3.95. The van der Waals surface area contributed by atoms with Crippen LogP contribution in [0.15, 0.2) is 60.3 Å². The Balaban J connectivity index is 1.47. The van der Waals surface area contributed by atoms with Crippen LogP contribution < -0.4 is 4.74 Å². The predicted molar refractivity (Wildman–Crippen MR) is 135 cm³/mol. The summed E-state index contributed by atoms with van der Waals surface area (Å²) < 4.78 is 27.6. The zero-order valence-electron chi connectivity index (χ0n) is 19.7. The Hall–Kier alpha value is -3.66. The minimum Gasteiger partial charge on any atom is -0.488 e. The van der Waals surface area contributed by atoms with Gasteiger partial charge >= 0.3 is 0 Å². The predicted octanol–water partition coefficient (Wildman–Crippen LogP) is 6.49. The number of nitriles is 1. The Labute approximate surface area is 213 Å². The number of imidazole rings is 1. The number of halogens is 2. The minimum atomic E-state index is -0.360. The summed E-state index contributed by atoms with van der Waals surface area (Å²) in [5.41, 5.74) is 7.91. The van der Waals surface area contributed by atoms with Crippen molar-refractivity contribution < 1.29 is 13.9 Å². The van der Waals surface area contributed by atoms with E-state index in [0.29, 0.717) is 29.4 Å². The molecule has 0 unspecified atom stereocenters. The van der Waals surface area contributed by atoms with Gasteiger partial charge < -0.3 is 13.9 Å². The highest BCUT2D eigenvalue weighted by Crippen LogP contribution is 2.46. The normalized spacial score (nSPS) is 16.1. The number of hydrogen-bond acceptors (Lipinski definition) is 4. The number of aromatic nitrogens is 2. The first-order chi connectivity index (χ1) is 17.6. The molecule has 4 aromatic rings. The quantitative estimate of drug-likeness (QED) is 0.294. The van der Waals surface area contributed by atoms with Crippen LogP contribution in [0, 0.1) is 23.1 Å². The molecule has 0 radical (unpaired) electrons. The average Bonchev–Trinajstić information content (AvgIpc) is 3.67. The second kappa shape index (κ2) is 9.09. The van der Waals surface area contributed by atoms with Crippen molar-refractivity contribution in [2.45, 2.75) is 32.5 Å². The fraction of sp³-hybridized carbons (Fsp3) is 0.241. The summed E-state index contributed by atoms with van der Waals surface area (Å²) in [6.07, 6.45) is 4.56. The summed E-state index contributed by atoms with van der Waals surface area (Å²) in [4.78, 5) is 4.71. The molecule has 7 heteroatoms. The lowest BCUT2D eigenvalue weighted by Gasteiger charge is -2.14. The first-order valence-corrected chi connectivity index (χ1v) is 12.3. The highest BCUT2D eigenvalue weighted by atomic mass is 35.5. The van der Waals surface area contributed by atoms with Gasteiger partial charge in [0.2, 0.25) is 0 Å². The van der Waals surface area contributed by atoms with E-state index in [1.165, 1.54) is 12.1 Å². The molecular formula is C29H23ClFN3O2. The van der Waals surface area contributed by atoms with Crippen LogP contribution in [0.1, 0.15) is 46.5 Å². The zero-order valence-corrected chi connectivity index (χ0v) is 20.5. The van der Waals surface area contributed by atoms with E-state index in [4.69, 9.17) is 26.1 Å². The lowest BCUT2D eigenvalue weighted by Crippen LogP contribution is -2.03. The van der Waals surface area contributed by atoms with Gasteiger partial charge in [-0.1, -0.05) is 29.8 Å². The van der Waals surface area contributed by atoms with Crippen molar-refractivity contribution in [1.82, 2.24) is 9.38 Å². The molecule has 2 aliphatic rings. The molecule has 3 heterocycles. The van der Waals surface area contributed by atoms with Crippen LogP contribution in [0.5, 0.6) is 5.75 Å². The van der Waals surface area contributed by atoms with Crippen molar-refractivity contribution in [3.63, 3.8) is 0 Å². The van der Waals surface area contributed by atoms with Gasteiger partial charge in [0.05, 0.1) is 29.1 Å². The third-order valence-corrected chi connectivity index (χ3v) is 7.14. The monoisotopic (exact) mass is 499 g/mol. The van der Waals surface area contributed by atoms with E-state index in [-0.39, 0.29) is 18.3 Å². The van der Waals surface area contributed by atoms with Gasteiger partial charge in [0, 0.05) is 42.5 Å². The first kappa shape index (κ1) is 22.8. The lowest BCUT2D eigenvalue weighted by atomic mass is 9.88. The number of methoxy groups -OCH3 is 1. The molecule has 2 aromatic carbocycles. The molecule has 0 bridgehead atoms. The first-order valence-electron chi connectivity index (χ1n) is 11.9. The van der Waals surface area contributed by atoms with Crippen molar-refractivity contribution in [2.75, 3.05) is 7.11 Å². The third-order valence-electron chi connectivity index (χ3n) is 6.85. The topological polar surface area (TPSA) is 59.6 Å². The number of nitrogens with zero attached hydrogens (tertiary/aromatic N) is 3. The molecule has 5 nitrogen and oxygen atoms in total. The average molecular weight is 500 g/mol. The minimum absolute atomic E-state index is 0.244. The van der Waals surface area contributed by atoms with Gasteiger partial charge in [-0.25, -0.2) is 9.37 Å². The van der Waals surface area contributed by atoms with E-state index in [0.717, 1.165) is 57.6 Å². The van der Waals surface area contributed by atoms with E-state index in [1.54, 1.807) is 13.2 Å². The Bertz CT molecular complexity index is 1580. The van der Waals surface area contributed by atoms with Crippen LogP contribution >= 0.6 is 11.6 Å². The zero-order chi connectivity index (χ0) is 24.8. The number of fused-ring (bicyclic) bond motifs is 3. The Morgan fingerprint density at radius 2 is 2.06 bits per heavy atom. The SMILES string of the molecule is COCc1nc2c(Cl)cccn2c1Cc1ccc2c(c1)COc1cc(F)ccc1/C2=C(/C#N)C1CC1. The molecule has 0 saturated heterocycles. The van der Waals surface area contributed by atoms with Gasteiger partial charge in [-0.15, -0.1) is 0 Å². The van der Waals surface area contributed by atoms with Crippen molar-refractivity contribution in [3.8, 4) is 11.8 Å². The maximum atomic E-state index is 14.1. The number of ether oxygens (including phenoxy) is 2. The molecular weight excluding hydrogens is 477 g/mol. The molecule has 180 valence electrons. The second-order valence-corrected chi connectivity index (χ2v) is 9.67. The van der Waals surface area contributed by atoms with Crippen LogP contribution in [0.2, 0.25) is 5.02 Å². The van der Waals surface area contributed by atoms with E-state index < -0.39 is 0 Å².